The van der Waals surface area contributed by atoms with E-state index >= 15 is 0 Å². The van der Waals surface area contributed by atoms with Crippen molar-refractivity contribution in [2.75, 3.05) is 14.2 Å². The number of nitrogens with zero attached hydrogens (tertiary/aromatic N) is 1. The number of Topliss-reactive ketones (excluding diaryl/α,β-unsaturated/α-hetero) is 1. The number of ether oxygens (including phenoxy) is 2. The fourth-order valence-corrected chi connectivity index (χ4v) is 3.38. The van der Waals surface area contributed by atoms with Crippen molar-refractivity contribution in [3.8, 4) is 11.5 Å². The zero-order valence-electron chi connectivity index (χ0n) is 14.2. The predicted molar refractivity (Wildman–Crippen MR) is 98.3 cm³/mol. The summed E-state index contributed by atoms with van der Waals surface area (Å²) in [7, 11) is 2.99. The number of aryl methyl sites for hydroxylation is 1. The van der Waals surface area contributed by atoms with E-state index < -0.39 is 4.92 Å². The van der Waals surface area contributed by atoms with Crippen LogP contribution < -0.4 is 9.47 Å². The second kappa shape index (κ2) is 7.17. The third-order valence-corrected chi connectivity index (χ3v) is 4.74. The highest BCUT2D eigenvalue weighted by Gasteiger charge is 2.30. The smallest absolute Gasteiger partial charge is 0.280 e. The number of nitro benzene ring substituents is 1. The highest BCUT2D eigenvalue weighted by Crippen LogP contribution is 2.39. The zero-order chi connectivity index (χ0) is 18.8. The fourth-order valence-electron chi connectivity index (χ4n) is 3.09. The molecule has 0 spiro atoms. The summed E-state index contributed by atoms with van der Waals surface area (Å²) >= 11 is 6.37. The van der Waals surface area contributed by atoms with Gasteiger partial charge in [0.1, 0.15) is 5.56 Å². The molecule has 0 unspecified atom stereocenters. The third kappa shape index (κ3) is 3.04. The first kappa shape index (κ1) is 17.9. The van der Waals surface area contributed by atoms with Crippen molar-refractivity contribution >= 4 is 29.1 Å². The molecule has 7 heteroatoms. The number of hydrogen-bond acceptors (Lipinski definition) is 5. The summed E-state index contributed by atoms with van der Waals surface area (Å²) in [5.41, 5.74) is 1.75. The summed E-state index contributed by atoms with van der Waals surface area (Å²) in [5.74, 6) is 0.512. The predicted octanol–water partition coefficient (Wildman–Crippen LogP) is 4.48. The number of rotatable bonds is 4. The van der Waals surface area contributed by atoms with Gasteiger partial charge >= 0.3 is 0 Å². The Hall–Kier alpha value is -2.86. The highest BCUT2D eigenvalue weighted by molar-refractivity contribution is 6.34. The van der Waals surface area contributed by atoms with E-state index in [9.17, 15) is 14.9 Å². The summed E-state index contributed by atoms with van der Waals surface area (Å²) in [6.45, 7) is 0. The summed E-state index contributed by atoms with van der Waals surface area (Å²) in [6.07, 6.45) is 2.70. The van der Waals surface area contributed by atoms with E-state index in [1.807, 2.05) is 0 Å². The SMILES string of the molecule is COc1ccc(C=C2CCc3cccc([N+](=O)[O-])c3C2=O)c(Cl)c1OC. The van der Waals surface area contributed by atoms with Crippen LogP contribution in [0.4, 0.5) is 5.69 Å². The van der Waals surface area contributed by atoms with Crippen LogP contribution in [-0.2, 0) is 6.42 Å². The molecule has 0 heterocycles. The molecule has 0 radical (unpaired) electrons. The van der Waals surface area contributed by atoms with Gasteiger partial charge in [0.15, 0.2) is 17.3 Å². The molecule has 1 aliphatic carbocycles. The van der Waals surface area contributed by atoms with Gasteiger partial charge < -0.3 is 9.47 Å². The van der Waals surface area contributed by atoms with Crippen LogP contribution >= 0.6 is 11.6 Å². The number of carbonyl (C=O) groups is 1. The molecule has 0 aliphatic heterocycles. The van der Waals surface area contributed by atoms with Crippen molar-refractivity contribution < 1.29 is 19.2 Å². The van der Waals surface area contributed by atoms with E-state index in [0.717, 1.165) is 0 Å². The average Bonchev–Trinajstić information content (AvgIpc) is 2.64. The number of halogens is 1. The first-order chi connectivity index (χ1) is 12.5. The van der Waals surface area contributed by atoms with Crippen LogP contribution in [0.1, 0.15) is 27.9 Å². The lowest BCUT2D eigenvalue weighted by atomic mass is 9.85. The van der Waals surface area contributed by atoms with E-state index in [1.165, 1.54) is 20.3 Å². The number of methoxy groups -OCH3 is 2. The number of benzene rings is 2. The van der Waals surface area contributed by atoms with Gasteiger partial charge in [-0.25, -0.2) is 0 Å². The van der Waals surface area contributed by atoms with Crippen molar-refractivity contribution in [3.05, 3.63) is 67.7 Å². The molecule has 0 atom stereocenters. The Labute approximate surface area is 155 Å². The first-order valence-corrected chi connectivity index (χ1v) is 8.27. The maximum Gasteiger partial charge on any atom is 0.280 e. The van der Waals surface area contributed by atoms with Gasteiger partial charge in [-0.05, 0) is 42.2 Å². The van der Waals surface area contributed by atoms with Crippen molar-refractivity contribution in [1.82, 2.24) is 0 Å². The van der Waals surface area contributed by atoms with Crippen molar-refractivity contribution in [1.29, 1.82) is 0 Å². The Morgan fingerprint density at radius 3 is 2.58 bits per heavy atom. The largest absolute Gasteiger partial charge is 0.493 e. The minimum absolute atomic E-state index is 0.159. The molecule has 0 N–H and O–H groups in total. The molecule has 0 saturated heterocycles. The van der Waals surface area contributed by atoms with E-state index in [0.29, 0.717) is 46.1 Å². The van der Waals surface area contributed by atoms with Gasteiger partial charge in [-0.1, -0.05) is 23.7 Å². The molecular formula is C19H16ClNO5. The number of ketones is 1. The molecular weight excluding hydrogens is 358 g/mol. The minimum Gasteiger partial charge on any atom is -0.493 e. The van der Waals surface area contributed by atoms with Crippen LogP contribution in [0.3, 0.4) is 0 Å². The lowest BCUT2D eigenvalue weighted by Gasteiger charge is -2.18. The Kier molecular flexibility index (Phi) is 4.95. The summed E-state index contributed by atoms with van der Waals surface area (Å²) < 4.78 is 10.5. The van der Waals surface area contributed by atoms with Gasteiger partial charge in [-0.15, -0.1) is 0 Å². The number of fused-ring (bicyclic) bond motifs is 1. The van der Waals surface area contributed by atoms with Crippen LogP contribution in [0.15, 0.2) is 35.9 Å². The molecule has 0 fully saturated rings. The van der Waals surface area contributed by atoms with E-state index in [2.05, 4.69) is 0 Å². The maximum atomic E-state index is 12.9. The number of hydrogen-bond donors (Lipinski definition) is 0. The van der Waals surface area contributed by atoms with Crippen LogP contribution in [0.25, 0.3) is 6.08 Å². The van der Waals surface area contributed by atoms with Gasteiger partial charge in [-0.2, -0.15) is 0 Å². The summed E-state index contributed by atoms with van der Waals surface area (Å²) in [4.78, 5) is 23.6. The Morgan fingerprint density at radius 2 is 1.92 bits per heavy atom. The number of allylic oxidation sites excluding steroid dienone is 1. The van der Waals surface area contributed by atoms with E-state index in [-0.39, 0.29) is 17.0 Å². The maximum absolute atomic E-state index is 12.9. The van der Waals surface area contributed by atoms with Crippen molar-refractivity contribution in [3.63, 3.8) is 0 Å². The molecule has 134 valence electrons. The summed E-state index contributed by atoms with van der Waals surface area (Å²) in [6, 6.07) is 8.12. The van der Waals surface area contributed by atoms with Crippen molar-refractivity contribution in [2.45, 2.75) is 12.8 Å². The lowest BCUT2D eigenvalue weighted by molar-refractivity contribution is -0.385. The first-order valence-electron chi connectivity index (χ1n) is 7.90. The zero-order valence-corrected chi connectivity index (χ0v) is 15.0. The Morgan fingerprint density at radius 1 is 1.15 bits per heavy atom. The number of nitro groups is 1. The minimum atomic E-state index is -0.525. The van der Waals surface area contributed by atoms with Gasteiger partial charge in [0.2, 0.25) is 0 Å². The van der Waals surface area contributed by atoms with E-state index in [4.69, 9.17) is 21.1 Å². The van der Waals surface area contributed by atoms with Crippen LogP contribution in [0.5, 0.6) is 11.5 Å². The van der Waals surface area contributed by atoms with Gasteiger partial charge in [0, 0.05) is 11.6 Å². The summed E-state index contributed by atoms with van der Waals surface area (Å²) in [5, 5.41) is 11.6. The number of carbonyl (C=O) groups excluding carboxylic acids is 1. The molecule has 2 aromatic carbocycles. The molecule has 1 aliphatic rings. The third-order valence-electron chi connectivity index (χ3n) is 4.35. The molecule has 0 bridgehead atoms. The van der Waals surface area contributed by atoms with Crippen LogP contribution in [0.2, 0.25) is 5.02 Å². The van der Waals surface area contributed by atoms with Crippen LogP contribution in [-0.4, -0.2) is 24.9 Å². The molecule has 6 nitrogen and oxygen atoms in total. The second-order valence-electron chi connectivity index (χ2n) is 5.77. The highest BCUT2D eigenvalue weighted by atomic mass is 35.5. The Bertz CT molecular complexity index is 936. The topological polar surface area (TPSA) is 78.7 Å². The molecule has 2 aromatic rings. The average molecular weight is 374 g/mol. The molecule has 3 rings (SSSR count). The van der Waals surface area contributed by atoms with Crippen molar-refractivity contribution in [2.24, 2.45) is 0 Å². The molecule has 26 heavy (non-hydrogen) atoms. The fraction of sp³-hybridized carbons (Fsp3) is 0.211. The Balaban J connectivity index is 2.08. The lowest BCUT2D eigenvalue weighted by Crippen LogP contribution is -2.16. The molecule has 0 saturated carbocycles. The molecule has 0 aromatic heterocycles. The van der Waals surface area contributed by atoms with E-state index in [1.54, 1.807) is 30.3 Å². The standard InChI is InChI=1S/C19H16ClNO5/c1-25-15-9-8-12(17(20)19(15)26-2)10-13-7-6-11-4-3-5-14(21(23)24)16(11)18(13)22/h3-5,8-10H,6-7H2,1-2H3. The molecule has 0 amide bonds. The quantitative estimate of drug-likeness (QED) is 0.448. The van der Waals surface area contributed by atoms with Crippen LogP contribution in [0, 0.1) is 10.1 Å². The van der Waals surface area contributed by atoms with Gasteiger partial charge in [-0.3, -0.25) is 14.9 Å². The van der Waals surface area contributed by atoms with Gasteiger partial charge in [0.25, 0.3) is 5.69 Å². The normalized spacial score (nSPS) is 14.9. The van der Waals surface area contributed by atoms with Gasteiger partial charge in [0.05, 0.1) is 24.2 Å². The monoisotopic (exact) mass is 373 g/mol. The second-order valence-corrected chi connectivity index (χ2v) is 6.15.